The highest BCUT2D eigenvalue weighted by atomic mass is 16.2. The highest BCUT2D eigenvalue weighted by Gasteiger charge is 2.42. The van der Waals surface area contributed by atoms with Gasteiger partial charge in [0.25, 0.3) is 0 Å². The Labute approximate surface area is 122 Å². The van der Waals surface area contributed by atoms with Gasteiger partial charge in [0.05, 0.1) is 6.04 Å². The standard InChI is InChI=1S/C17H28N2O/c20-17-16-9-15(7-8-18(16)10-14-5-6-14)12-19(17)11-13-3-1-2-4-13/h13-16H,1-12H2/t15-,16+/m0/s1. The molecule has 1 amide bonds. The van der Waals surface area contributed by atoms with Crippen molar-refractivity contribution >= 4 is 5.91 Å². The third-order valence-corrected chi connectivity index (χ3v) is 6.04. The Morgan fingerprint density at radius 2 is 1.70 bits per heavy atom. The highest BCUT2D eigenvalue weighted by molar-refractivity contribution is 5.83. The molecule has 0 aromatic carbocycles. The van der Waals surface area contributed by atoms with Gasteiger partial charge < -0.3 is 4.90 Å². The van der Waals surface area contributed by atoms with Crippen LogP contribution in [-0.2, 0) is 4.79 Å². The Hall–Kier alpha value is -0.570. The van der Waals surface area contributed by atoms with Gasteiger partial charge in [0.1, 0.15) is 0 Å². The van der Waals surface area contributed by atoms with Gasteiger partial charge in [0, 0.05) is 19.6 Å². The minimum Gasteiger partial charge on any atom is -0.341 e. The summed E-state index contributed by atoms with van der Waals surface area (Å²) in [6, 6.07) is 0.240. The number of hydrogen-bond donors (Lipinski definition) is 0. The van der Waals surface area contributed by atoms with E-state index in [1.54, 1.807) is 0 Å². The molecule has 0 N–H and O–H groups in total. The number of carbonyl (C=O) groups is 1. The molecule has 2 saturated carbocycles. The SMILES string of the molecule is O=C1[C@H]2C[C@H](CCN2CC2CC2)CN1CC1CCCC1. The second-order valence-corrected chi connectivity index (χ2v) is 7.74. The van der Waals surface area contributed by atoms with Crippen LogP contribution in [0.4, 0.5) is 0 Å². The van der Waals surface area contributed by atoms with Crippen molar-refractivity contribution in [3.8, 4) is 0 Å². The van der Waals surface area contributed by atoms with E-state index in [1.165, 1.54) is 58.0 Å². The maximum absolute atomic E-state index is 12.8. The maximum Gasteiger partial charge on any atom is 0.239 e. The van der Waals surface area contributed by atoms with E-state index < -0.39 is 0 Å². The first-order valence-electron chi connectivity index (χ1n) is 8.82. The first-order valence-corrected chi connectivity index (χ1v) is 8.82. The molecular weight excluding hydrogens is 248 g/mol. The Balaban J connectivity index is 1.42. The molecule has 0 spiro atoms. The molecule has 2 atom stereocenters. The lowest BCUT2D eigenvalue weighted by molar-refractivity contribution is -0.146. The van der Waals surface area contributed by atoms with Crippen LogP contribution < -0.4 is 0 Å². The van der Waals surface area contributed by atoms with E-state index in [0.29, 0.717) is 5.91 Å². The highest BCUT2D eigenvalue weighted by Crippen LogP contribution is 2.36. The third-order valence-electron chi connectivity index (χ3n) is 6.04. The fraction of sp³-hybridized carbons (Fsp3) is 0.941. The number of carbonyl (C=O) groups excluding carboxylic acids is 1. The summed E-state index contributed by atoms with van der Waals surface area (Å²) in [5.41, 5.74) is 0. The fourth-order valence-electron chi connectivity index (χ4n) is 4.64. The van der Waals surface area contributed by atoms with E-state index in [4.69, 9.17) is 0 Å². The van der Waals surface area contributed by atoms with Crippen LogP contribution in [0.5, 0.6) is 0 Å². The molecule has 3 heteroatoms. The van der Waals surface area contributed by atoms with E-state index in [2.05, 4.69) is 9.80 Å². The van der Waals surface area contributed by atoms with Crippen LogP contribution in [0.2, 0.25) is 0 Å². The second kappa shape index (κ2) is 5.32. The smallest absolute Gasteiger partial charge is 0.239 e. The number of likely N-dealkylation sites (tertiary alicyclic amines) is 2. The lowest BCUT2D eigenvalue weighted by Gasteiger charge is -2.47. The molecule has 2 aliphatic carbocycles. The number of piperidine rings is 2. The van der Waals surface area contributed by atoms with Crippen LogP contribution in [0.15, 0.2) is 0 Å². The van der Waals surface area contributed by atoms with Gasteiger partial charge in [0.2, 0.25) is 5.91 Å². The average Bonchev–Trinajstić information content (AvgIpc) is 3.12. The monoisotopic (exact) mass is 276 g/mol. The Morgan fingerprint density at radius 3 is 2.45 bits per heavy atom. The van der Waals surface area contributed by atoms with Gasteiger partial charge in [-0.2, -0.15) is 0 Å². The predicted molar refractivity (Wildman–Crippen MR) is 79.3 cm³/mol. The molecule has 0 unspecified atom stereocenters. The Kier molecular flexibility index (Phi) is 3.49. The van der Waals surface area contributed by atoms with Crippen molar-refractivity contribution in [2.24, 2.45) is 17.8 Å². The zero-order valence-electron chi connectivity index (χ0n) is 12.6. The van der Waals surface area contributed by atoms with Crippen LogP contribution in [0.3, 0.4) is 0 Å². The van der Waals surface area contributed by atoms with Crippen LogP contribution in [-0.4, -0.2) is 47.9 Å². The molecule has 4 fully saturated rings. The minimum absolute atomic E-state index is 0.240. The molecule has 2 aliphatic heterocycles. The largest absolute Gasteiger partial charge is 0.341 e. The Bertz CT molecular complexity index is 373. The molecule has 0 aromatic rings. The summed E-state index contributed by atoms with van der Waals surface area (Å²) in [6.07, 6.45) is 10.7. The topological polar surface area (TPSA) is 23.6 Å². The fourth-order valence-corrected chi connectivity index (χ4v) is 4.64. The van der Waals surface area contributed by atoms with Gasteiger partial charge in [-0.15, -0.1) is 0 Å². The second-order valence-electron chi connectivity index (χ2n) is 7.74. The summed E-state index contributed by atoms with van der Waals surface area (Å²) >= 11 is 0. The molecule has 4 aliphatic rings. The number of nitrogens with zero attached hydrogens (tertiary/aromatic N) is 2. The first-order chi connectivity index (χ1) is 9.79. The van der Waals surface area contributed by atoms with Crippen molar-refractivity contribution in [2.75, 3.05) is 26.2 Å². The summed E-state index contributed by atoms with van der Waals surface area (Å²) in [6.45, 7) is 4.49. The van der Waals surface area contributed by atoms with Gasteiger partial charge in [-0.25, -0.2) is 0 Å². The molecule has 2 saturated heterocycles. The van der Waals surface area contributed by atoms with Crippen LogP contribution in [0.25, 0.3) is 0 Å². The van der Waals surface area contributed by atoms with E-state index in [9.17, 15) is 4.79 Å². The maximum atomic E-state index is 12.8. The van der Waals surface area contributed by atoms with E-state index in [-0.39, 0.29) is 6.04 Å². The number of rotatable bonds is 4. The average molecular weight is 276 g/mol. The van der Waals surface area contributed by atoms with E-state index in [0.717, 1.165) is 37.3 Å². The summed E-state index contributed by atoms with van der Waals surface area (Å²) in [5, 5.41) is 0. The molecule has 112 valence electrons. The van der Waals surface area contributed by atoms with Crippen molar-refractivity contribution in [2.45, 2.75) is 57.4 Å². The van der Waals surface area contributed by atoms with Gasteiger partial charge in [-0.05, 0) is 62.8 Å². The lowest BCUT2D eigenvalue weighted by Crippen LogP contribution is -2.59. The van der Waals surface area contributed by atoms with Crippen molar-refractivity contribution < 1.29 is 4.79 Å². The molecule has 3 nitrogen and oxygen atoms in total. The molecular formula is C17H28N2O. The molecule has 0 aromatic heterocycles. The number of hydrogen-bond acceptors (Lipinski definition) is 2. The summed E-state index contributed by atoms with van der Waals surface area (Å²) in [5.74, 6) is 2.96. The van der Waals surface area contributed by atoms with Crippen molar-refractivity contribution in [3.05, 3.63) is 0 Å². The van der Waals surface area contributed by atoms with Crippen molar-refractivity contribution in [1.82, 2.24) is 9.80 Å². The lowest BCUT2D eigenvalue weighted by atomic mass is 9.85. The van der Waals surface area contributed by atoms with Crippen LogP contribution >= 0.6 is 0 Å². The van der Waals surface area contributed by atoms with Gasteiger partial charge >= 0.3 is 0 Å². The van der Waals surface area contributed by atoms with Gasteiger partial charge in [0.15, 0.2) is 0 Å². The summed E-state index contributed by atoms with van der Waals surface area (Å²) in [7, 11) is 0. The number of amides is 1. The zero-order valence-corrected chi connectivity index (χ0v) is 12.6. The van der Waals surface area contributed by atoms with Crippen LogP contribution in [0.1, 0.15) is 51.4 Å². The molecule has 20 heavy (non-hydrogen) atoms. The van der Waals surface area contributed by atoms with E-state index in [1.807, 2.05) is 0 Å². The minimum atomic E-state index is 0.240. The molecule has 4 rings (SSSR count). The molecule has 2 bridgehead atoms. The Morgan fingerprint density at radius 1 is 0.950 bits per heavy atom. The quantitative estimate of drug-likeness (QED) is 0.787. The third kappa shape index (κ3) is 2.61. The van der Waals surface area contributed by atoms with Crippen LogP contribution in [0, 0.1) is 17.8 Å². The normalized spacial score (nSPS) is 35.8. The van der Waals surface area contributed by atoms with Gasteiger partial charge in [-0.1, -0.05) is 12.8 Å². The summed E-state index contributed by atoms with van der Waals surface area (Å²) < 4.78 is 0. The zero-order chi connectivity index (χ0) is 13.5. The van der Waals surface area contributed by atoms with E-state index >= 15 is 0 Å². The van der Waals surface area contributed by atoms with Gasteiger partial charge in [-0.3, -0.25) is 9.69 Å². The molecule has 2 heterocycles. The summed E-state index contributed by atoms with van der Waals surface area (Å²) in [4.78, 5) is 17.6. The molecule has 0 radical (unpaired) electrons. The van der Waals surface area contributed by atoms with Crippen molar-refractivity contribution in [1.29, 1.82) is 0 Å². The predicted octanol–water partition coefficient (Wildman–Crippen LogP) is 2.51. The number of fused-ring (bicyclic) bond motifs is 2. The van der Waals surface area contributed by atoms with Crippen molar-refractivity contribution in [3.63, 3.8) is 0 Å². The first kappa shape index (κ1) is 13.1.